The monoisotopic (exact) mass is 458 g/mol. The molecule has 2 saturated heterocycles. The molecule has 7 heteroatoms. The van der Waals surface area contributed by atoms with Gasteiger partial charge in [-0.15, -0.1) is 0 Å². The number of hydrogen-bond donors (Lipinski definition) is 0. The molecule has 3 heterocycles. The maximum atomic E-state index is 13.2. The highest BCUT2D eigenvalue weighted by Crippen LogP contribution is 2.32. The molecule has 2 aliphatic heterocycles. The lowest BCUT2D eigenvalue weighted by molar-refractivity contribution is -0.136. The minimum Gasteiger partial charge on any atom is -0.342 e. The van der Waals surface area contributed by atoms with Crippen molar-refractivity contribution in [1.29, 1.82) is 0 Å². The van der Waals surface area contributed by atoms with E-state index >= 15 is 0 Å². The summed E-state index contributed by atoms with van der Waals surface area (Å²) in [7, 11) is 0. The summed E-state index contributed by atoms with van der Waals surface area (Å²) in [5, 5.41) is 4.16. The van der Waals surface area contributed by atoms with Crippen molar-refractivity contribution < 1.29 is 14.1 Å². The summed E-state index contributed by atoms with van der Waals surface area (Å²) < 4.78 is 5.56. The Bertz CT molecular complexity index is 1210. The molecule has 3 aromatic rings. The summed E-state index contributed by atoms with van der Waals surface area (Å²) >= 11 is 0. The van der Waals surface area contributed by atoms with Crippen LogP contribution < -0.4 is 4.90 Å². The second-order valence-electron chi connectivity index (χ2n) is 9.60. The normalized spacial score (nSPS) is 19.1. The molecule has 5 rings (SSSR count). The summed E-state index contributed by atoms with van der Waals surface area (Å²) in [6.45, 7) is 7.87. The van der Waals surface area contributed by atoms with Crippen molar-refractivity contribution in [3.63, 3.8) is 0 Å². The van der Waals surface area contributed by atoms with Gasteiger partial charge in [-0.2, -0.15) is 4.98 Å². The van der Waals surface area contributed by atoms with Gasteiger partial charge in [-0.25, -0.2) is 0 Å². The van der Waals surface area contributed by atoms with E-state index in [-0.39, 0.29) is 30.1 Å². The average molecular weight is 459 g/mol. The Morgan fingerprint density at radius 2 is 1.74 bits per heavy atom. The van der Waals surface area contributed by atoms with Crippen molar-refractivity contribution in [2.24, 2.45) is 5.92 Å². The fourth-order valence-corrected chi connectivity index (χ4v) is 4.84. The molecule has 1 aromatic heterocycles. The molecule has 1 atom stereocenters. The van der Waals surface area contributed by atoms with Crippen molar-refractivity contribution in [3.8, 4) is 11.4 Å². The third-order valence-corrected chi connectivity index (χ3v) is 7.18. The second kappa shape index (κ2) is 9.05. The number of carbonyl (C=O) groups is 2. The lowest BCUT2D eigenvalue weighted by Gasteiger charge is -2.32. The van der Waals surface area contributed by atoms with Crippen molar-refractivity contribution in [2.45, 2.75) is 46.0 Å². The Labute approximate surface area is 199 Å². The number of rotatable bonds is 4. The van der Waals surface area contributed by atoms with E-state index in [1.54, 1.807) is 4.90 Å². The van der Waals surface area contributed by atoms with E-state index in [2.05, 4.69) is 17.1 Å². The number of carbonyl (C=O) groups excluding carboxylic acids is 2. The van der Waals surface area contributed by atoms with Crippen molar-refractivity contribution >= 4 is 17.5 Å². The minimum atomic E-state index is -0.290. The van der Waals surface area contributed by atoms with Gasteiger partial charge >= 0.3 is 0 Å². The van der Waals surface area contributed by atoms with E-state index in [4.69, 9.17) is 4.52 Å². The highest BCUT2D eigenvalue weighted by atomic mass is 16.5. The zero-order chi connectivity index (χ0) is 23.8. The molecule has 0 bridgehead atoms. The predicted molar refractivity (Wildman–Crippen MR) is 129 cm³/mol. The summed E-state index contributed by atoms with van der Waals surface area (Å²) in [5.74, 6) is 1.19. The van der Waals surface area contributed by atoms with Crippen LogP contribution in [0.3, 0.4) is 0 Å². The maximum Gasteiger partial charge on any atom is 0.230 e. The highest BCUT2D eigenvalue weighted by molar-refractivity contribution is 6.00. The number of nitrogens with zero attached hydrogens (tertiary/aromatic N) is 4. The van der Waals surface area contributed by atoms with E-state index in [1.807, 2.05) is 61.2 Å². The number of anilines is 1. The summed E-state index contributed by atoms with van der Waals surface area (Å²) in [5.41, 5.74) is 5.34. The number of aromatic nitrogens is 2. The molecule has 34 heavy (non-hydrogen) atoms. The summed E-state index contributed by atoms with van der Waals surface area (Å²) in [4.78, 5) is 34.1. The van der Waals surface area contributed by atoms with Crippen LogP contribution in [0, 0.1) is 26.7 Å². The van der Waals surface area contributed by atoms with E-state index in [0.29, 0.717) is 31.3 Å². The molecule has 0 saturated carbocycles. The van der Waals surface area contributed by atoms with Crippen LogP contribution in [-0.2, 0) is 9.59 Å². The molecule has 176 valence electrons. The number of piperidine rings is 1. The van der Waals surface area contributed by atoms with Gasteiger partial charge < -0.3 is 14.3 Å². The summed E-state index contributed by atoms with van der Waals surface area (Å²) in [6, 6.07) is 14.1. The first-order chi connectivity index (χ1) is 16.4. The molecule has 0 radical (unpaired) electrons. The topological polar surface area (TPSA) is 79.5 Å². The number of amides is 2. The molecule has 2 aromatic carbocycles. The zero-order valence-electron chi connectivity index (χ0n) is 20.0. The lowest BCUT2D eigenvalue weighted by atomic mass is 9.95. The van der Waals surface area contributed by atoms with Crippen molar-refractivity contribution in [2.75, 3.05) is 24.5 Å². The zero-order valence-corrected chi connectivity index (χ0v) is 20.0. The molecule has 7 nitrogen and oxygen atoms in total. The van der Waals surface area contributed by atoms with E-state index < -0.39 is 0 Å². The van der Waals surface area contributed by atoms with E-state index in [0.717, 1.165) is 29.7 Å². The molecule has 2 aliphatic rings. The first-order valence-electron chi connectivity index (χ1n) is 12.0. The van der Waals surface area contributed by atoms with Crippen LogP contribution in [0.5, 0.6) is 0 Å². The van der Waals surface area contributed by atoms with Crippen LogP contribution in [0.4, 0.5) is 5.69 Å². The van der Waals surface area contributed by atoms with Gasteiger partial charge in [0.1, 0.15) is 0 Å². The third-order valence-electron chi connectivity index (χ3n) is 7.18. The Morgan fingerprint density at radius 3 is 2.44 bits per heavy atom. The van der Waals surface area contributed by atoms with Crippen molar-refractivity contribution in [3.05, 3.63) is 65.0 Å². The van der Waals surface area contributed by atoms with Crippen LogP contribution in [0.1, 0.15) is 47.8 Å². The molecule has 0 spiro atoms. The first-order valence-corrected chi connectivity index (χ1v) is 12.0. The Balaban J connectivity index is 1.19. The number of likely N-dealkylation sites (tertiary alicyclic amines) is 1. The largest absolute Gasteiger partial charge is 0.342 e. The maximum absolute atomic E-state index is 13.2. The van der Waals surface area contributed by atoms with Crippen LogP contribution in [0.2, 0.25) is 0 Å². The average Bonchev–Trinajstić information content (AvgIpc) is 3.48. The Hall–Kier alpha value is -3.48. The number of hydrogen-bond acceptors (Lipinski definition) is 5. The highest BCUT2D eigenvalue weighted by Gasteiger charge is 2.38. The number of benzene rings is 2. The van der Waals surface area contributed by atoms with Gasteiger partial charge in [-0.05, 0) is 56.9 Å². The minimum absolute atomic E-state index is 0.0194. The summed E-state index contributed by atoms with van der Waals surface area (Å²) in [6.07, 6.45) is 1.83. The van der Waals surface area contributed by atoms with Gasteiger partial charge in [0.05, 0.1) is 5.92 Å². The van der Waals surface area contributed by atoms with Gasteiger partial charge in [0.25, 0.3) is 0 Å². The van der Waals surface area contributed by atoms with Crippen LogP contribution in [0.25, 0.3) is 11.4 Å². The molecule has 2 amide bonds. The fraction of sp³-hybridized carbons (Fsp3) is 0.407. The van der Waals surface area contributed by atoms with Crippen LogP contribution in [-0.4, -0.2) is 46.5 Å². The van der Waals surface area contributed by atoms with Gasteiger partial charge in [0, 0.05) is 43.2 Å². The smallest absolute Gasteiger partial charge is 0.230 e. The SMILES string of the molecule is Cc1ccc(-c2noc(C3CCN(C(=O)[C@@H]4CC(=O)N(c5ccc(C)c(C)c5)C4)CC3)n2)cc1. The number of aryl methyl sites for hydroxylation is 3. The quantitative estimate of drug-likeness (QED) is 0.578. The molecule has 0 unspecified atom stereocenters. The van der Waals surface area contributed by atoms with Gasteiger partial charge in [-0.1, -0.05) is 41.1 Å². The molecule has 0 N–H and O–H groups in total. The van der Waals surface area contributed by atoms with Gasteiger partial charge in [-0.3, -0.25) is 9.59 Å². The van der Waals surface area contributed by atoms with E-state index in [1.165, 1.54) is 11.1 Å². The van der Waals surface area contributed by atoms with Gasteiger partial charge in [0.2, 0.25) is 23.5 Å². The molecule has 0 aliphatic carbocycles. The molecule has 2 fully saturated rings. The third kappa shape index (κ3) is 4.34. The molecular weight excluding hydrogens is 428 g/mol. The lowest BCUT2D eigenvalue weighted by Crippen LogP contribution is -2.42. The van der Waals surface area contributed by atoms with Crippen molar-refractivity contribution in [1.82, 2.24) is 15.0 Å². The Kier molecular flexibility index (Phi) is 5.94. The first kappa shape index (κ1) is 22.3. The van der Waals surface area contributed by atoms with Gasteiger partial charge in [0.15, 0.2) is 0 Å². The van der Waals surface area contributed by atoms with Crippen LogP contribution >= 0.6 is 0 Å². The molecular formula is C27H30N4O3. The Morgan fingerprint density at radius 1 is 1.00 bits per heavy atom. The second-order valence-corrected chi connectivity index (χ2v) is 9.60. The predicted octanol–water partition coefficient (Wildman–Crippen LogP) is 4.42. The van der Waals surface area contributed by atoms with E-state index in [9.17, 15) is 9.59 Å². The fourth-order valence-electron chi connectivity index (χ4n) is 4.84. The standard InChI is InChI=1S/C27H30N4O3/c1-17-4-7-20(8-5-17)25-28-26(34-29-25)21-10-12-30(13-11-21)27(33)22-15-24(32)31(16-22)23-9-6-18(2)19(3)14-23/h4-9,14,21-22H,10-13,15-16H2,1-3H3/t22-/m1/s1. The van der Waals surface area contributed by atoms with Crippen LogP contribution in [0.15, 0.2) is 47.0 Å².